The lowest BCUT2D eigenvalue weighted by atomic mass is 10.1. The molecule has 0 fully saturated rings. The van der Waals surface area contributed by atoms with Crippen LogP contribution in [0.25, 0.3) is 0 Å². The molecule has 0 N–H and O–H groups in total. The summed E-state index contributed by atoms with van der Waals surface area (Å²) < 4.78 is 8.86. The van der Waals surface area contributed by atoms with E-state index in [2.05, 4.69) is 14.5 Å². The number of nitro groups is 1. The molecule has 0 aromatic heterocycles. The summed E-state index contributed by atoms with van der Waals surface area (Å²) in [6, 6.07) is 4.74. The standard InChI is InChI=1S/C13H13N3O7/c1-8(17)15(13(19)23-3)11(14-12(18)22-2)9-4-6-10(7-5-9)16(20)21/h4-7H,1-3H3/b14-11-. The first kappa shape index (κ1) is 17.8. The largest absolute Gasteiger partial charge is 0.452 e. The number of hydrogen-bond donors (Lipinski definition) is 0. The SMILES string of the molecule is COC(=O)/N=C(/c1ccc([N+](=O)[O-])cc1)N(C(C)=O)C(=O)OC. The Balaban J connectivity index is 3.43. The number of aliphatic imine (C=N–C) groups is 1. The number of amides is 3. The smallest absolute Gasteiger partial charge is 0.435 e. The molecule has 3 amide bonds. The van der Waals surface area contributed by atoms with Gasteiger partial charge in [-0.1, -0.05) is 0 Å². The van der Waals surface area contributed by atoms with Crippen LogP contribution in [0.5, 0.6) is 0 Å². The highest BCUT2D eigenvalue weighted by molar-refractivity contribution is 6.18. The zero-order valence-electron chi connectivity index (χ0n) is 12.5. The molecule has 0 heterocycles. The zero-order valence-corrected chi connectivity index (χ0v) is 12.5. The average molecular weight is 323 g/mol. The lowest BCUT2D eigenvalue weighted by Gasteiger charge is -2.19. The Bertz CT molecular complexity index is 667. The number of hydrogen-bond acceptors (Lipinski definition) is 7. The van der Waals surface area contributed by atoms with Crippen LogP contribution in [0, 0.1) is 10.1 Å². The van der Waals surface area contributed by atoms with Crippen molar-refractivity contribution in [3.8, 4) is 0 Å². The van der Waals surface area contributed by atoms with Crippen LogP contribution < -0.4 is 0 Å². The Hall–Kier alpha value is -3.30. The van der Waals surface area contributed by atoms with Crippen LogP contribution in [-0.4, -0.2) is 48.0 Å². The van der Waals surface area contributed by atoms with Crippen LogP contribution in [0.3, 0.4) is 0 Å². The topological polar surface area (TPSA) is 128 Å². The molecule has 0 aliphatic carbocycles. The quantitative estimate of drug-likeness (QED) is 0.350. The van der Waals surface area contributed by atoms with Gasteiger partial charge >= 0.3 is 12.2 Å². The van der Waals surface area contributed by atoms with E-state index in [0.717, 1.165) is 33.3 Å². The van der Waals surface area contributed by atoms with Gasteiger partial charge in [0.15, 0.2) is 5.84 Å². The van der Waals surface area contributed by atoms with Crippen molar-refractivity contribution in [2.75, 3.05) is 14.2 Å². The van der Waals surface area contributed by atoms with Gasteiger partial charge in [-0.2, -0.15) is 9.89 Å². The van der Waals surface area contributed by atoms with Gasteiger partial charge in [-0.15, -0.1) is 0 Å². The number of carbonyl (C=O) groups is 3. The first-order chi connectivity index (χ1) is 10.8. The van der Waals surface area contributed by atoms with Crippen LogP contribution in [-0.2, 0) is 14.3 Å². The van der Waals surface area contributed by atoms with Crippen LogP contribution in [0.1, 0.15) is 12.5 Å². The lowest BCUT2D eigenvalue weighted by molar-refractivity contribution is -0.384. The number of nitro benzene ring substituents is 1. The molecule has 0 aliphatic heterocycles. The molecular formula is C13H13N3O7. The maximum absolute atomic E-state index is 11.8. The highest BCUT2D eigenvalue weighted by Gasteiger charge is 2.27. The fraction of sp³-hybridized carbons (Fsp3) is 0.231. The maximum Gasteiger partial charge on any atom is 0.435 e. The summed E-state index contributed by atoms with van der Waals surface area (Å²) in [5, 5.41) is 10.7. The van der Waals surface area contributed by atoms with E-state index in [9.17, 15) is 24.5 Å². The maximum atomic E-state index is 11.8. The van der Waals surface area contributed by atoms with Gasteiger partial charge in [0.2, 0.25) is 5.91 Å². The number of benzene rings is 1. The number of carbonyl (C=O) groups excluding carboxylic acids is 3. The van der Waals surface area contributed by atoms with Crippen molar-refractivity contribution in [2.24, 2.45) is 4.99 Å². The number of non-ortho nitro benzene ring substituents is 1. The number of ether oxygens (including phenoxy) is 2. The number of nitrogens with zero attached hydrogens (tertiary/aromatic N) is 3. The molecule has 0 aliphatic rings. The highest BCUT2D eigenvalue weighted by atomic mass is 16.6. The minimum atomic E-state index is -1.07. The number of methoxy groups -OCH3 is 2. The fourth-order valence-corrected chi connectivity index (χ4v) is 1.56. The van der Waals surface area contributed by atoms with Crippen molar-refractivity contribution in [2.45, 2.75) is 6.92 Å². The van der Waals surface area contributed by atoms with Gasteiger partial charge < -0.3 is 9.47 Å². The molecule has 1 rings (SSSR count). The van der Waals surface area contributed by atoms with E-state index in [0.29, 0.717) is 4.90 Å². The lowest BCUT2D eigenvalue weighted by Crippen LogP contribution is -2.41. The normalized spacial score (nSPS) is 10.7. The average Bonchev–Trinajstić information content (AvgIpc) is 2.53. The van der Waals surface area contributed by atoms with Gasteiger partial charge in [0, 0.05) is 24.6 Å². The van der Waals surface area contributed by atoms with Crippen molar-refractivity contribution in [1.29, 1.82) is 0 Å². The Morgan fingerprint density at radius 1 is 1.13 bits per heavy atom. The van der Waals surface area contributed by atoms with E-state index in [1.807, 2.05) is 0 Å². The van der Waals surface area contributed by atoms with Gasteiger partial charge in [-0.3, -0.25) is 14.9 Å². The summed E-state index contributed by atoms with van der Waals surface area (Å²) in [6.45, 7) is 1.06. The van der Waals surface area contributed by atoms with Crippen LogP contribution in [0.15, 0.2) is 29.3 Å². The molecule has 0 atom stereocenters. The Morgan fingerprint density at radius 2 is 1.70 bits per heavy atom. The second-order valence-electron chi connectivity index (χ2n) is 4.03. The van der Waals surface area contributed by atoms with Crippen LogP contribution in [0.2, 0.25) is 0 Å². The molecule has 122 valence electrons. The molecular weight excluding hydrogens is 310 g/mol. The minimum Gasteiger partial charge on any atom is -0.452 e. The van der Waals surface area contributed by atoms with Gasteiger partial charge in [-0.25, -0.2) is 9.59 Å². The summed E-state index contributed by atoms with van der Waals surface area (Å²) in [5.74, 6) is -1.14. The summed E-state index contributed by atoms with van der Waals surface area (Å²) in [6.07, 6.45) is -2.13. The Morgan fingerprint density at radius 3 is 2.09 bits per heavy atom. The fourth-order valence-electron chi connectivity index (χ4n) is 1.56. The second-order valence-corrected chi connectivity index (χ2v) is 4.03. The number of rotatable bonds is 2. The minimum absolute atomic E-state index is 0.113. The molecule has 0 spiro atoms. The molecule has 1 aromatic carbocycles. The summed E-state index contributed by atoms with van der Waals surface area (Å²) in [5.41, 5.74) is -0.0970. The third kappa shape index (κ3) is 4.33. The van der Waals surface area contributed by atoms with E-state index >= 15 is 0 Å². The molecule has 1 aromatic rings. The van der Waals surface area contributed by atoms with Gasteiger partial charge in [0.25, 0.3) is 5.69 Å². The summed E-state index contributed by atoms with van der Waals surface area (Å²) in [4.78, 5) is 48.9. The molecule has 0 bridgehead atoms. The first-order valence-electron chi connectivity index (χ1n) is 6.12. The van der Waals surface area contributed by atoms with Crippen molar-refractivity contribution in [3.05, 3.63) is 39.9 Å². The summed E-state index contributed by atoms with van der Waals surface area (Å²) >= 11 is 0. The molecule has 10 nitrogen and oxygen atoms in total. The molecule has 0 saturated heterocycles. The van der Waals surface area contributed by atoms with Crippen LogP contribution in [0.4, 0.5) is 15.3 Å². The third-order valence-corrected chi connectivity index (χ3v) is 2.59. The Labute approximate surface area is 130 Å². The van der Waals surface area contributed by atoms with E-state index in [-0.39, 0.29) is 17.1 Å². The molecule has 0 saturated carbocycles. The first-order valence-corrected chi connectivity index (χ1v) is 6.12. The number of imide groups is 1. The van der Waals surface area contributed by atoms with Crippen molar-refractivity contribution in [3.63, 3.8) is 0 Å². The predicted octanol–water partition coefficient (Wildman–Crippen LogP) is 1.72. The van der Waals surface area contributed by atoms with Gasteiger partial charge in [-0.05, 0) is 12.1 Å². The van der Waals surface area contributed by atoms with Gasteiger partial charge in [0.1, 0.15) is 0 Å². The molecule has 0 unspecified atom stereocenters. The van der Waals surface area contributed by atoms with E-state index in [1.165, 1.54) is 12.1 Å². The van der Waals surface area contributed by atoms with Crippen molar-refractivity contribution < 1.29 is 28.8 Å². The Kier molecular flexibility index (Phi) is 5.89. The van der Waals surface area contributed by atoms with E-state index in [4.69, 9.17) is 0 Å². The zero-order chi connectivity index (χ0) is 17.6. The highest BCUT2D eigenvalue weighted by Crippen LogP contribution is 2.15. The van der Waals surface area contributed by atoms with Crippen molar-refractivity contribution >= 4 is 29.6 Å². The summed E-state index contributed by atoms with van der Waals surface area (Å²) in [7, 11) is 2.11. The molecule has 10 heteroatoms. The number of amidine groups is 1. The van der Waals surface area contributed by atoms with E-state index in [1.54, 1.807) is 0 Å². The molecule has 23 heavy (non-hydrogen) atoms. The predicted molar refractivity (Wildman–Crippen MR) is 77.0 cm³/mol. The third-order valence-electron chi connectivity index (χ3n) is 2.59. The van der Waals surface area contributed by atoms with E-state index < -0.39 is 23.0 Å². The van der Waals surface area contributed by atoms with Crippen molar-refractivity contribution in [1.82, 2.24) is 4.90 Å². The van der Waals surface area contributed by atoms with Gasteiger partial charge in [0.05, 0.1) is 19.1 Å². The monoisotopic (exact) mass is 323 g/mol. The van der Waals surface area contributed by atoms with Crippen LogP contribution >= 0.6 is 0 Å². The molecule has 0 radical (unpaired) electrons. The second kappa shape index (κ2) is 7.64.